The normalized spacial score (nSPS) is 5.00. The Kier molecular flexibility index (Phi) is 9.69. The zero-order chi connectivity index (χ0) is 3.58. The predicted molar refractivity (Wildman–Crippen MR) is 27.2 cm³/mol. The van der Waals surface area contributed by atoms with Crippen LogP contribution in [0.15, 0.2) is 0 Å². The van der Waals surface area contributed by atoms with E-state index < -0.39 is 0 Å². The maximum absolute atomic E-state index is 4.71. The Hall–Kier alpha value is 1.12. The molecule has 0 aromatic carbocycles. The van der Waals surface area contributed by atoms with Gasteiger partial charge in [0.15, 0.2) is 0 Å². The maximum atomic E-state index is 4.71. The molecule has 0 spiro atoms. The van der Waals surface area contributed by atoms with Crippen LogP contribution in [0.5, 0.6) is 0 Å². The van der Waals surface area contributed by atoms with E-state index in [0.717, 1.165) is 0 Å². The summed E-state index contributed by atoms with van der Waals surface area (Å²) in [5.41, 5.74) is 4.71. The predicted octanol–water partition coefficient (Wildman–Crippen LogP) is -0.108. The van der Waals surface area contributed by atoms with E-state index in [1.165, 1.54) is 0 Å². The van der Waals surface area contributed by atoms with Crippen molar-refractivity contribution in [1.82, 2.24) is 0 Å². The van der Waals surface area contributed by atoms with E-state index in [0.29, 0.717) is 0 Å². The third-order valence-corrected chi connectivity index (χ3v) is 0. The molecule has 5 heavy (non-hydrogen) atoms. The molecule has 0 radical (unpaired) electrons. The van der Waals surface area contributed by atoms with Gasteiger partial charge in [-0.25, -0.2) is 0 Å². The van der Waals surface area contributed by atoms with Crippen LogP contribution < -0.4 is 5.73 Å². The number of hydrogen-bond donors (Lipinski definition) is 2. The van der Waals surface area contributed by atoms with Gasteiger partial charge in [0.1, 0.15) is 4.32 Å². The van der Waals surface area contributed by atoms with Gasteiger partial charge in [0.2, 0.25) is 0 Å². The van der Waals surface area contributed by atoms with Crippen molar-refractivity contribution in [2.45, 2.75) is 0 Å². The van der Waals surface area contributed by atoms with Gasteiger partial charge < -0.3 is 5.73 Å². The van der Waals surface area contributed by atoms with E-state index in [9.17, 15) is 0 Å². The zero-order valence-corrected chi connectivity index (χ0v) is 7.23. The molecule has 0 aromatic rings. The molecule has 0 amide bonds. The quantitative estimate of drug-likeness (QED) is 0.482. The van der Waals surface area contributed by atoms with Crippen LogP contribution in [0.25, 0.3) is 0 Å². The van der Waals surface area contributed by atoms with Crippen molar-refractivity contribution in [2.75, 3.05) is 0 Å². The van der Waals surface area contributed by atoms with Gasteiger partial charge in [0.05, 0.1) is 0 Å². The molecule has 4 heteroatoms. The monoisotopic (exact) mass is 304 g/mol. The van der Waals surface area contributed by atoms with Crippen molar-refractivity contribution >= 4 is 29.2 Å². The van der Waals surface area contributed by atoms with Crippen LogP contribution in [0.2, 0.25) is 0 Å². The Morgan fingerprint density at radius 3 is 1.80 bits per heavy atom. The number of thiocarbonyl (C=S) groups is 1. The van der Waals surface area contributed by atoms with E-state index in [1.54, 1.807) is 0 Å². The first-order valence-electron chi connectivity index (χ1n) is 0.716. The molecular formula is CH4AtNS2. The SMILES string of the molecule is NC(=S)S.[AtH]. The van der Waals surface area contributed by atoms with E-state index in [1.807, 2.05) is 0 Å². The molecule has 0 fully saturated rings. The van der Waals surface area contributed by atoms with Gasteiger partial charge in [0.25, 0.3) is 0 Å². The minimum atomic E-state index is 0. The molecule has 2 N–H and O–H groups in total. The molecule has 0 aromatic heterocycles. The summed E-state index contributed by atoms with van der Waals surface area (Å²) in [5, 5.41) is 0. The van der Waals surface area contributed by atoms with Gasteiger partial charge >= 0.3 is 26.2 Å². The molecule has 0 heterocycles. The Labute approximate surface area is 60.8 Å². The average Bonchev–Trinajstić information content (AvgIpc) is 0.811. The molecule has 0 atom stereocenters. The Morgan fingerprint density at radius 2 is 1.80 bits per heavy atom. The summed E-state index contributed by atoms with van der Waals surface area (Å²) < 4.78 is 0.194. The van der Waals surface area contributed by atoms with Crippen molar-refractivity contribution in [3.63, 3.8) is 0 Å². The minimum absolute atomic E-state index is 0. The summed E-state index contributed by atoms with van der Waals surface area (Å²) in [6, 6.07) is 0. The number of rotatable bonds is 0. The number of nitrogens with two attached hydrogens (primary N) is 1. The standard InChI is InChI=1S/CH3NS2.AtH/c2-1(3)4;/h(H3,2,3,4);1H. The summed E-state index contributed by atoms with van der Waals surface area (Å²) in [6.07, 6.45) is 0. The molecule has 0 aliphatic rings. The van der Waals surface area contributed by atoms with Crippen molar-refractivity contribution in [3.8, 4) is 0 Å². The molecular weight excluding hydrogens is 300 g/mol. The van der Waals surface area contributed by atoms with Crippen LogP contribution in [0.4, 0.5) is 0 Å². The third-order valence-electron chi connectivity index (χ3n) is 0. The van der Waals surface area contributed by atoms with Gasteiger partial charge in [0, 0.05) is 0 Å². The van der Waals surface area contributed by atoms with E-state index >= 15 is 0 Å². The van der Waals surface area contributed by atoms with Crippen LogP contribution in [-0.4, -0.2) is 4.32 Å². The summed E-state index contributed by atoms with van der Waals surface area (Å²) in [4.78, 5) is 0. The first-order valence-corrected chi connectivity index (χ1v) is 1.57. The van der Waals surface area contributed by atoms with Crippen LogP contribution in [0, 0.1) is 26.2 Å². The Morgan fingerprint density at radius 1 is 1.80 bits per heavy atom. The second-order valence-electron chi connectivity index (χ2n) is 0.338. The molecule has 0 saturated heterocycles. The molecule has 0 bridgehead atoms. The molecule has 0 unspecified atom stereocenters. The van der Waals surface area contributed by atoms with E-state index in [-0.39, 0.29) is 30.5 Å². The zero-order valence-electron chi connectivity index (χ0n) is 2.34. The summed E-state index contributed by atoms with van der Waals surface area (Å²) in [7, 11) is 0. The third kappa shape index (κ3) is 39.6. The average molecular weight is 304 g/mol. The van der Waals surface area contributed by atoms with E-state index in [4.69, 9.17) is 5.73 Å². The molecule has 32 valence electrons. The molecule has 0 aliphatic carbocycles. The Bertz CT molecular complexity index is 32.6. The second-order valence-corrected chi connectivity index (χ2v) is 1.56. The number of thiol groups is 1. The van der Waals surface area contributed by atoms with Crippen LogP contribution in [0.3, 0.4) is 0 Å². The van der Waals surface area contributed by atoms with Crippen molar-refractivity contribution in [1.29, 1.82) is 0 Å². The first kappa shape index (κ1) is 9.45. The van der Waals surface area contributed by atoms with Crippen molar-refractivity contribution < 1.29 is 26.2 Å². The topological polar surface area (TPSA) is 26.0 Å². The molecule has 0 rings (SSSR count). The Balaban J connectivity index is 0. The number of hydrogen-bond acceptors (Lipinski definition) is 1. The summed E-state index contributed by atoms with van der Waals surface area (Å²) in [5.74, 6) is 0. The molecule has 0 saturated carbocycles. The fourth-order valence-corrected chi connectivity index (χ4v) is 0. The first-order chi connectivity index (χ1) is 1.73. The summed E-state index contributed by atoms with van der Waals surface area (Å²) >= 11 is 7.65. The molecule has 0 aliphatic heterocycles. The van der Waals surface area contributed by atoms with Crippen LogP contribution in [0.1, 0.15) is 0 Å². The van der Waals surface area contributed by atoms with Crippen LogP contribution >= 0.6 is 24.8 Å². The van der Waals surface area contributed by atoms with E-state index in [2.05, 4.69) is 24.8 Å². The van der Waals surface area contributed by atoms with Crippen molar-refractivity contribution in [3.05, 3.63) is 0 Å². The fourth-order valence-electron chi connectivity index (χ4n) is 0. The van der Waals surface area contributed by atoms with Gasteiger partial charge in [-0.3, -0.25) is 0 Å². The van der Waals surface area contributed by atoms with Gasteiger partial charge in [-0.1, -0.05) is 12.2 Å². The van der Waals surface area contributed by atoms with Crippen LogP contribution in [-0.2, 0) is 0 Å². The van der Waals surface area contributed by atoms with Crippen molar-refractivity contribution in [2.24, 2.45) is 5.73 Å². The van der Waals surface area contributed by atoms with Gasteiger partial charge in [-0.2, -0.15) is 0 Å². The summed E-state index contributed by atoms with van der Waals surface area (Å²) in [6.45, 7) is 0. The van der Waals surface area contributed by atoms with Gasteiger partial charge in [-0.05, 0) is 0 Å². The van der Waals surface area contributed by atoms with Gasteiger partial charge in [-0.15, -0.1) is 12.6 Å². The fraction of sp³-hybridized carbons (Fsp3) is 0. The second kappa shape index (κ2) is 5.12. The molecule has 1 nitrogen and oxygen atoms in total.